The Labute approximate surface area is 119 Å². The maximum absolute atomic E-state index is 10.9. The molecule has 98 valence electrons. The summed E-state index contributed by atoms with van der Waals surface area (Å²) in [6.45, 7) is 2.30. The van der Waals surface area contributed by atoms with E-state index >= 15 is 0 Å². The van der Waals surface area contributed by atoms with Crippen LogP contribution in [0.5, 0.6) is 0 Å². The monoisotopic (exact) mass is 321 g/mol. The molecule has 0 saturated carbocycles. The van der Waals surface area contributed by atoms with Gasteiger partial charge in [-0.05, 0) is 34.5 Å². The van der Waals surface area contributed by atoms with Gasteiger partial charge in [0.15, 0.2) is 0 Å². The van der Waals surface area contributed by atoms with Gasteiger partial charge in [-0.15, -0.1) is 0 Å². The zero-order valence-electron chi connectivity index (χ0n) is 10.3. The molecule has 2 aromatic rings. The summed E-state index contributed by atoms with van der Waals surface area (Å²) in [5.41, 5.74) is 1.78. The first kappa shape index (κ1) is 13.5. The average molecular weight is 322 g/mol. The van der Waals surface area contributed by atoms with E-state index in [1.165, 1.54) is 6.07 Å². The third-order valence-electron chi connectivity index (χ3n) is 2.61. The number of nitro benzene ring substituents is 1. The molecule has 0 aliphatic rings. The van der Waals surface area contributed by atoms with Gasteiger partial charge in [0.05, 0.1) is 9.40 Å². The van der Waals surface area contributed by atoms with Crippen LogP contribution in [0.15, 0.2) is 41.0 Å². The van der Waals surface area contributed by atoms with E-state index in [1.54, 1.807) is 24.4 Å². The lowest BCUT2D eigenvalue weighted by molar-refractivity contribution is -0.385. The minimum absolute atomic E-state index is 0.109. The van der Waals surface area contributed by atoms with Crippen molar-refractivity contribution in [3.63, 3.8) is 0 Å². The summed E-state index contributed by atoms with van der Waals surface area (Å²) >= 11 is 3.41. The number of halogens is 1. The Morgan fingerprint density at radius 1 is 1.42 bits per heavy atom. The van der Waals surface area contributed by atoms with E-state index in [4.69, 9.17) is 0 Å². The number of rotatable bonds is 4. The van der Waals surface area contributed by atoms with Gasteiger partial charge >= 0.3 is 0 Å². The van der Waals surface area contributed by atoms with Gasteiger partial charge < -0.3 is 5.32 Å². The summed E-state index contributed by atoms with van der Waals surface area (Å²) in [4.78, 5) is 14.8. The molecule has 1 aromatic heterocycles. The van der Waals surface area contributed by atoms with Crippen LogP contribution < -0.4 is 5.32 Å². The summed E-state index contributed by atoms with van der Waals surface area (Å²) < 4.78 is 0.839. The quantitative estimate of drug-likeness (QED) is 0.689. The Kier molecular flexibility index (Phi) is 4.11. The van der Waals surface area contributed by atoms with Crippen LogP contribution in [0.2, 0.25) is 0 Å². The van der Waals surface area contributed by atoms with E-state index in [1.807, 2.05) is 13.0 Å². The van der Waals surface area contributed by atoms with Crippen LogP contribution in [0.3, 0.4) is 0 Å². The zero-order chi connectivity index (χ0) is 13.8. The number of pyridine rings is 1. The molecule has 0 radical (unpaired) electrons. The standard InChI is InChI=1S/C13H12BrN3O2/c1-9-6-11(14)13(15-7-9)16-8-10-4-2-3-5-12(10)17(18)19/h2-7H,8H2,1H3,(H,15,16). The number of hydrogen-bond acceptors (Lipinski definition) is 4. The second kappa shape index (κ2) is 5.79. The van der Waals surface area contributed by atoms with Crippen molar-refractivity contribution in [1.29, 1.82) is 0 Å². The Balaban J connectivity index is 2.17. The molecule has 19 heavy (non-hydrogen) atoms. The number of nitrogens with one attached hydrogen (secondary N) is 1. The first-order valence-electron chi connectivity index (χ1n) is 5.66. The summed E-state index contributed by atoms with van der Waals surface area (Å²) in [6, 6.07) is 8.60. The number of aryl methyl sites for hydroxylation is 1. The van der Waals surface area contributed by atoms with Crippen molar-refractivity contribution in [1.82, 2.24) is 4.98 Å². The largest absolute Gasteiger partial charge is 0.365 e. The molecular formula is C13H12BrN3O2. The third kappa shape index (κ3) is 3.29. The average Bonchev–Trinajstić information content (AvgIpc) is 2.38. The summed E-state index contributed by atoms with van der Waals surface area (Å²) in [5.74, 6) is 0.670. The summed E-state index contributed by atoms with van der Waals surface area (Å²) in [6.07, 6.45) is 1.74. The Bertz CT molecular complexity index is 617. The Hall–Kier alpha value is -1.95. The fourth-order valence-corrected chi connectivity index (χ4v) is 2.28. The first-order valence-corrected chi connectivity index (χ1v) is 6.45. The predicted molar refractivity (Wildman–Crippen MR) is 77.1 cm³/mol. The molecular weight excluding hydrogens is 310 g/mol. The van der Waals surface area contributed by atoms with Gasteiger partial charge in [0, 0.05) is 24.4 Å². The van der Waals surface area contributed by atoms with Gasteiger partial charge in [-0.2, -0.15) is 0 Å². The number of para-hydroxylation sites is 1. The van der Waals surface area contributed by atoms with E-state index in [0.717, 1.165) is 10.0 Å². The molecule has 0 saturated heterocycles. The van der Waals surface area contributed by atoms with Gasteiger partial charge in [-0.3, -0.25) is 10.1 Å². The number of nitrogens with zero attached hydrogens (tertiary/aromatic N) is 2. The van der Waals surface area contributed by atoms with E-state index in [-0.39, 0.29) is 10.6 Å². The highest BCUT2D eigenvalue weighted by Gasteiger charge is 2.12. The smallest absolute Gasteiger partial charge is 0.274 e. The SMILES string of the molecule is Cc1cnc(NCc2ccccc2[N+](=O)[O-])c(Br)c1. The number of aromatic nitrogens is 1. The summed E-state index contributed by atoms with van der Waals surface area (Å²) in [7, 11) is 0. The first-order chi connectivity index (χ1) is 9.08. The molecule has 0 unspecified atom stereocenters. The molecule has 2 rings (SSSR count). The molecule has 0 aliphatic heterocycles. The number of nitro groups is 1. The highest BCUT2D eigenvalue weighted by atomic mass is 79.9. The van der Waals surface area contributed by atoms with E-state index < -0.39 is 0 Å². The third-order valence-corrected chi connectivity index (χ3v) is 3.22. The van der Waals surface area contributed by atoms with Crippen LogP contribution >= 0.6 is 15.9 Å². The molecule has 1 heterocycles. The Morgan fingerprint density at radius 2 is 2.16 bits per heavy atom. The van der Waals surface area contributed by atoms with Crippen LogP contribution in [-0.4, -0.2) is 9.91 Å². The minimum atomic E-state index is -0.380. The molecule has 0 aliphatic carbocycles. The van der Waals surface area contributed by atoms with Crippen molar-refractivity contribution in [2.45, 2.75) is 13.5 Å². The second-order valence-corrected chi connectivity index (χ2v) is 4.94. The molecule has 5 nitrogen and oxygen atoms in total. The van der Waals surface area contributed by atoms with Crippen LogP contribution in [0, 0.1) is 17.0 Å². The van der Waals surface area contributed by atoms with Gasteiger partial charge in [-0.1, -0.05) is 18.2 Å². The zero-order valence-corrected chi connectivity index (χ0v) is 11.8. The van der Waals surface area contributed by atoms with E-state index in [0.29, 0.717) is 17.9 Å². The molecule has 0 amide bonds. The molecule has 1 aromatic carbocycles. The van der Waals surface area contributed by atoms with Crippen molar-refractivity contribution in [3.05, 3.63) is 62.2 Å². The van der Waals surface area contributed by atoms with Crippen LogP contribution in [0.4, 0.5) is 11.5 Å². The van der Waals surface area contributed by atoms with Crippen molar-refractivity contribution < 1.29 is 4.92 Å². The van der Waals surface area contributed by atoms with Gasteiger partial charge in [-0.25, -0.2) is 4.98 Å². The minimum Gasteiger partial charge on any atom is -0.365 e. The number of hydrogen-bond donors (Lipinski definition) is 1. The van der Waals surface area contributed by atoms with Crippen molar-refractivity contribution >= 4 is 27.4 Å². The maximum atomic E-state index is 10.9. The predicted octanol–water partition coefficient (Wildman–Crippen LogP) is 3.67. The van der Waals surface area contributed by atoms with Crippen LogP contribution in [0.1, 0.15) is 11.1 Å². The van der Waals surface area contributed by atoms with Crippen molar-refractivity contribution in [2.75, 3.05) is 5.32 Å². The topological polar surface area (TPSA) is 68.1 Å². The lowest BCUT2D eigenvalue weighted by Crippen LogP contribution is -2.04. The molecule has 0 bridgehead atoms. The highest BCUT2D eigenvalue weighted by Crippen LogP contribution is 2.23. The summed E-state index contributed by atoms with van der Waals surface area (Å²) in [5, 5.41) is 14.0. The lowest BCUT2D eigenvalue weighted by atomic mass is 10.2. The highest BCUT2D eigenvalue weighted by molar-refractivity contribution is 9.10. The van der Waals surface area contributed by atoms with Gasteiger partial charge in [0.1, 0.15) is 5.82 Å². The van der Waals surface area contributed by atoms with Gasteiger partial charge in [0.2, 0.25) is 0 Å². The van der Waals surface area contributed by atoms with Gasteiger partial charge in [0.25, 0.3) is 5.69 Å². The number of anilines is 1. The fourth-order valence-electron chi connectivity index (χ4n) is 1.68. The van der Waals surface area contributed by atoms with Crippen LogP contribution in [-0.2, 0) is 6.54 Å². The molecule has 0 fully saturated rings. The number of benzene rings is 1. The maximum Gasteiger partial charge on any atom is 0.274 e. The fraction of sp³-hybridized carbons (Fsp3) is 0.154. The second-order valence-electron chi connectivity index (χ2n) is 4.08. The van der Waals surface area contributed by atoms with Crippen molar-refractivity contribution in [3.8, 4) is 0 Å². The molecule has 0 spiro atoms. The normalized spacial score (nSPS) is 10.2. The van der Waals surface area contributed by atoms with Crippen LogP contribution in [0.25, 0.3) is 0 Å². The molecule has 1 N–H and O–H groups in total. The van der Waals surface area contributed by atoms with Crippen molar-refractivity contribution in [2.24, 2.45) is 0 Å². The lowest BCUT2D eigenvalue weighted by Gasteiger charge is -2.08. The van der Waals surface area contributed by atoms with E-state index in [9.17, 15) is 10.1 Å². The molecule has 0 atom stereocenters. The Morgan fingerprint density at radius 3 is 2.84 bits per heavy atom. The van der Waals surface area contributed by atoms with E-state index in [2.05, 4.69) is 26.2 Å². The molecule has 6 heteroatoms.